The van der Waals surface area contributed by atoms with Gasteiger partial charge in [0.25, 0.3) is 0 Å². The number of nitrogens with one attached hydrogen (secondary N) is 1. The Morgan fingerprint density at radius 3 is 2.55 bits per heavy atom. The highest BCUT2D eigenvalue weighted by Crippen LogP contribution is 2.05. The van der Waals surface area contributed by atoms with Crippen molar-refractivity contribution >= 4 is 5.96 Å². The summed E-state index contributed by atoms with van der Waals surface area (Å²) in [5.41, 5.74) is 5.26. The SMILES string of the molecule is CN=C(N)NC(C)(C)CCO. The van der Waals surface area contributed by atoms with Crippen LogP contribution in [0.2, 0.25) is 0 Å². The van der Waals surface area contributed by atoms with Crippen LogP contribution in [0.4, 0.5) is 0 Å². The van der Waals surface area contributed by atoms with Crippen LogP contribution in [0.1, 0.15) is 20.3 Å². The molecular weight excluding hydrogens is 142 g/mol. The lowest BCUT2D eigenvalue weighted by Crippen LogP contribution is -2.47. The topological polar surface area (TPSA) is 70.6 Å². The maximum atomic E-state index is 8.67. The molecule has 11 heavy (non-hydrogen) atoms. The first kappa shape index (κ1) is 10.2. The monoisotopic (exact) mass is 159 g/mol. The number of hydrogen-bond donors (Lipinski definition) is 3. The van der Waals surface area contributed by atoms with Crippen molar-refractivity contribution in [2.45, 2.75) is 25.8 Å². The van der Waals surface area contributed by atoms with Crippen LogP contribution in [0.3, 0.4) is 0 Å². The molecule has 0 aromatic heterocycles. The molecule has 4 heteroatoms. The molecule has 0 bridgehead atoms. The molecule has 0 aromatic carbocycles. The maximum absolute atomic E-state index is 8.67. The van der Waals surface area contributed by atoms with E-state index >= 15 is 0 Å². The fourth-order valence-corrected chi connectivity index (χ4v) is 0.745. The summed E-state index contributed by atoms with van der Waals surface area (Å²) in [6.45, 7) is 4.07. The summed E-state index contributed by atoms with van der Waals surface area (Å²) in [6.07, 6.45) is 0.656. The molecule has 0 heterocycles. The van der Waals surface area contributed by atoms with Gasteiger partial charge in [0.1, 0.15) is 0 Å². The van der Waals surface area contributed by atoms with Crippen molar-refractivity contribution in [2.75, 3.05) is 13.7 Å². The van der Waals surface area contributed by atoms with Gasteiger partial charge in [-0.1, -0.05) is 0 Å². The summed E-state index contributed by atoms with van der Waals surface area (Å²) in [4.78, 5) is 3.76. The first-order valence-corrected chi connectivity index (χ1v) is 3.63. The van der Waals surface area contributed by atoms with E-state index in [2.05, 4.69) is 10.3 Å². The van der Waals surface area contributed by atoms with Crippen molar-refractivity contribution < 1.29 is 5.11 Å². The van der Waals surface area contributed by atoms with Crippen LogP contribution in [0.15, 0.2) is 4.99 Å². The number of aliphatic hydroxyl groups excluding tert-OH is 1. The van der Waals surface area contributed by atoms with Crippen molar-refractivity contribution in [3.05, 3.63) is 0 Å². The van der Waals surface area contributed by atoms with Gasteiger partial charge in [-0.05, 0) is 20.3 Å². The Bertz CT molecular complexity index is 143. The molecular formula is C7H17N3O. The quantitative estimate of drug-likeness (QED) is 0.390. The minimum Gasteiger partial charge on any atom is -0.396 e. The molecule has 0 spiro atoms. The molecule has 0 aliphatic heterocycles. The predicted molar refractivity (Wildman–Crippen MR) is 46.5 cm³/mol. The van der Waals surface area contributed by atoms with E-state index in [0.29, 0.717) is 12.4 Å². The molecule has 0 radical (unpaired) electrons. The van der Waals surface area contributed by atoms with Crippen molar-refractivity contribution in [3.8, 4) is 0 Å². The van der Waals surface area contributed by atoms with E-state index in [9.17, 15) is 0 Å². The van der Waals surface area contributed by atoms with Gasteiger partial charge in [-0.3, -0.25) is 4.99 Å². The van der Waals surface area contributed by atoms with E-state index in [1.54, 1.807) is 7.05 Å². The lowest BCUT2D eigenvalue weighted by atomic mass is 10.0. The van der Waals surface area contributed by atoms with Gasteiger partial charge in [0.05, 0.1) is 0 Å². The van der Waals surface area contributed by atoms with Gasteiger partial charge in [-0.2, -0.15) is 0 Å². The average Bonchev–Trinajstić information content (AvgIpc) is 1.86. The van der Waals surface area contributed by atoms with Crippen LogP contribution in [0.5, 0.6) is 0 Å². The molecule has 0 fully saturated rings. The van der Waals surface area contributed by atoms with Crippen LogP contribution in [0, 0.1) is 0 Å². The fourth-order valence-electron chi connectivity index (χ4n) is 0.745. The van der Waals surface area contributed by atoms with Crippen molar-refractivity contribution in [2.24, 2.45) is 10.7 Å². The smallest absolute Gasteiger partial charge is 0.188 e. The molecule has 0 aliphatic carbocycles. The third-order valence-electron chi connectivity index (χ3n) is 1.44. The average molecular weight is 159 g/mol. The highest BCUT2D eigenvalue weighted by Gasteiger charge is 2.16. The summed E-state index contributed by atoms with van der Waals surface area (Å²) in [6, 6.07) is 0. The van der Waals surface area contributed by atoms with Crippen molar-refractivity contribution in [3.63, 3.8) is 0 Å². The van der Waals surface area contributed by atoms with E-state index < -0.39 is 0 Å². The van der Waals surface area contributed by atoms with Gasteiger partial charge in [0.2, 0.25) is 0 Å². The largest absolute Gasteiger partial charge is 0.396 e. The molecule has 0 atom stereocenters. The van der Waals surface area contributed by atoms with Crippen LogP contribution in [-0.2, 0) is 0 Å². The third kappa shape index (κ3) is 4.61. The van der Waals surface area contributed by atoms with Gasteiger partial charge in [0, 0.05) is 19.2 Å². The Morgan fingerprint density at radius 2 is 2.18 bits per heavy atom. The van der Waals surface area contributed by atoms with E-state index in [0.717, 1.165) is 0 Å². The summed E-state index contributed by atoms with van der Waals surface area (Å²) in [7, 11) is 1.62. The molecule has 66 valence electrons. The van der Waals surface area contributed by atoms with Crippen molar-refractivity contribution in [1.29, 1.82) is 0 Å². The molecule has 0 amide bonds. The van der Waals surface area contributed by atoms with Crippen LogP contribution in [-0.4, -0.2) is 30.3 Å². The van der Waals surface area contributed by atoms with Gasteiger partial charge in [-0.25, -0.2) is 0 Å². The number of nitrogens with two attached hydrogens (primary N) is 1. The number of aliphatic hydroxyl groups is 1. The molecule has 0 aromatic rings. The third-order valence-corrected chi connectivity index (χ3v) is 1.44. The standard InChI is InChI=1S/C7H17N3O/c1-7(2,4-5-11)10-6(8)9-3/h11H,4-5H2,1-3H3,(H3,8,9,10). The summed E-state index contributed by atoms with van der Waals surface area (Å²) in [5, 5.41) is 11.6. The zero-order valence-corrected chi connectivity index (χ0v) is 7.39. The lowest BCUT2D eigenvalue weighted by Gasteiger charge is -2.25. The Balaban J connectivity index is 3.90. The highest BCUT2D eigenvalue weighted by molar-refractivity contribution is 5.78. The minimum absolute atomic E-state index is 0.150. The second kappa shape index (κ2) is 4.18. The maximum Gasteiger partial charge on any atom is 0.188 e. The number of aliphatic imine (C=N–C) groups is 1. The van der Waals surface area contributed by atoms with Crippen LogP contribution in [0.25, 0.3) is 0 Å². The Hall–Kier alpha value is -0.770. The Kier molecular flexibility index (Phi) is 3.89. The molecule has 0 aliphatic rings. The number of hydrogen-bond acceptors (Lipinski definition) is 2. The zero-order valence-electron chi connectivity index (χ0n) is 7.39. The number of rotatable bonds is 3. The normalized spacial score (nSPS) is 13.3. The van der Waals surface area contributed by atoms with E-state index in [1.807, 2.05) is 13.8 Å². The van der Waals surface area contributed by atoms with E-state index in [4.69, 9.17) is 10.8 Å². The minimum atomic E-state index is -0.182. The first-order valence-electron chi connectivity index (χ1n) is 3.63. The number of nitrogens with zero attached hydrogens (tertiary/aromatic N) is 1. The van der Waals surface area contributed by atoms with E-state index in [-0.39, 0.29) is 12.1 Å². The Morgan fingerprint density at radius 1 is 1.64 bits per heavy atom. The van der Waals surface area contributed by atoms with Gasteiger partial charge < -0.3 is 16.2 Å². The van der Waals surface area contributed by atoms with Crippen LogP contribution >= 0.6 is 0 Å². The zero-order chi connectivity index (χ0) is 8.91. The predicted octanol–water partition coefficient (Wildman–Crippen LogP) is -0.318. The van der Waals surface area contributed by atoms with Crippen molar-refractivity contribution in [1.82, 2.24) is 5.32 Å². The highest BCUT2D eigenvalue weighted by atomic mass is 16.3. The molecule has 0 unspecified atom stereocenters. The lowest BCUT2D eigenvalue weighted by molar-refractivity contribution is 0.244. The molecule has 0 saturated heterocycles. The number of guanidine groups is 1. The molecule has 0 rings (SSSR count). The van der Waals surface area contributed by atoms with Gasteiger partial charge in [0.15, 0.2) is 5.96 Å². The molecule has 4 N–H and O–H groups in total. The second-order valence-electron chi connectivity index (χ2n) is 3.09. The Labute approximate surface area is 67.5 Å². The summed E-state index contributed by atoms with van der Waals surface area (Å²) < 4.78 is 0. The van der Waals surface area contributed by atoms with Gasteiger partial charge >= 0.3 is 0 Å². The summed E-state index contributed by atoms with van der Waals surface area (Å²) in [5.74, 6) is 0.406. The van der Waals surface area contributed by atoms with Gasteiger partial charge in [-0.15, -0.1) is 0 Å². The molecule has 4 nitrogen and oxygen atoms in total. The fraction of sp³-hybridized carbons (Fsp3) is 0.857. The van der Waals surface area contributed by atoms with Crippen LogP contribution < -0.4 is 11.1 Å². The first-order chi connectivity index (χ1) is 5.02. The van der Waals surface area contributed by atoms with E-state index in [1.165, 1.54) is 0 Å². The molecule has 0 saturated carbocycles. The summed E-state index contributed by atoms with van der Waals surface area (Å²) >= 11 is 0. The second-order valence-corrected chi connectivity index (χ2v) is 3.09.